The van der Waals surface area contributed by atoms with Gasteiger partial charge in [0.1, 0.15) is 18.0 Å². The molecule has 0 amide bonds. The van der Waals surface area contributed by atoms with Crippen molar-refractivity contribution in [2.75, 3.05) is 6.61 Å². The summed E-state index contributed by atoms with van der Waals surface area (Å²) in [5.74, 6) is -1.13. The lowest BCUT2D eigenvalue weighted by atomic mass is 9.46. The second-order valence-electron chi connectivity index (χ2n) is 9.11. The minimum Gasteiger partial charge on any atom is -0.388 e. The van der Waals surface area contributed by atoms with Crippen LogP contribution in [0.3, 0.4) is 0 Å². The van der Waals surface area contributed by atoms with Gasteiger partial charge < -0.3 is 10.2 Å². The standard InChI is InChI=1S/C21H25ClO5/c1-19-5-3-11(24)7-14(19)15(22)8-12-13-4-6-21(27,17(26)10-23)20(13,2)9-16(25)18(12)19/h3,5,7,12-13,15,18,23,27H,4,6,8-10H2,1-2H3/t12-,13-,15-,18+,19-,20-,21-/m0/s1. The minimum atomic E-state index is -1.68. The predicted molar refractivity (Wildman–Crippen MR) is 99.1 cm³/mol. The van der Waals surface area contributed by atoms with Crippen LogP contribution in [-0.2, 0) is 14.4 Å². The Bertz CT molecular complexity index is 800. The van der Waals surface area contributed by atoms with Crippen LogP contribution in [0.5, 0.6) is 0 Å². The molecule has 0 radical (unpaired) electrons. The second kappa shape index (κ2) is 5.85. The van der Waals surface area contributed by atoms with Gasteiger partial charge in [-0.15, -0.1) is 11.6 Å². The first-order valence-electron chi connectivity index (χ1n) is 9.57. The van der Waals surface area contributed by atoms with Gasteiger partial charge in [-0.05, 0) is 48.8 Å². The van der Waals surface area contributed by atoms with E-state index in [9.17, 15) is 24.6 Å². The number of carbonyl (C=O) groups excluding carboxylic acids is 3. The van der Waals surface area contributed by atoms with E-state index < -0.39 is 28.8 Å². The van der Waals surface area contributed by atoms with Gasteiger partial charge in [-0.3, -0.25) is 14.4 Å². The number of fused-ring (bicyclic) bond motifs is 5. The number of aliphatic hydroxyl groups is 2. The zero-order chi connectivity index (χ0) is 19.8. The van der Waals surface area contributed by atoms with Crippen molar-refractivity contribution in [3.63, 3.8) is 0 Å². The Morgan fingerprint density at radius 1 is 1.33 bits per heavy atom. The Labute approximate surface area is 163 Å². The van der Waals surface area contributed by atoms with Crippen LogP contribution in [0.1, 0.15) is 39.5 Å². The van der Waals surface area contributed by atoms with Crippen molar-refractivity contribution < 1.29 is 24.6 Å². The Hall–Kier alpha value is -1.30. The van der Waals surface area contributed by atoms with E-state index in [-0.39, 0.29) is 47.5 Å². The highest BCUT2D eigenvalue weighted by atomic mass is 35.5. The van der Waals surface area contributed by atoms with E-state index in [0.29, 0.717) is 12.8 Å². The molecule has 0 aromatic carbocycles. The molecule has 4 rings (SSSR count). The number of hydrogen-bond acceptors (Lipinski definition) is 5. The maximum Gasteiger partial charge on any atom is 0.190 e. The lowest BCUT2D eigenvalue weighted by molar-refractivity contribution is -0.168. The molecule has 0 aliphatic heterocycles. The molecule has 146 valence electrons. The number of carbonyl (C=O) groups is 3. The molecular formula is C21H25ClO5. The summed E-state index contributed by atoms with van der Waals surface area (Å²) in [5.41, 5.74) is -2.38. The summed E-state index contributed by atoms with van der Waals surface area (Å²) in [6.07, 6.45) is 6.41. The van der Waals surface area contributed by atoms with Gasteiger partial charge in [0, 0.05) is 23.2 Å². The predicted octanol–water partition coefficient (Wildman–Crippen LogP) is 1.98. The number of allylic oxidation sites excluding steroid dienone is 4. The molecule has 0 heterocycles. The highest BCUT2D eigenvalue weighted by Gasteiger charge is 2.68. The monoisotopic (exact) mass is 392 g/mol. The third-order valence-corrected chi connectivity index (χ3v) is 8.41. The molecule has 0 aromatic rings. The molecule has 0 aromatic heterocycles. The molecule has 3 fully saturated rings. The minimum absolute atomic E-state index is 0.000723. The SMILES string of the molecule is C[C@]12C=CC(=O)C=C1[C@@H](Cl)C[C@@H]1[C@@H]2C(=O)C[C@@]2(C)[C@H]1CC[C@]2(O)C(=O)CO. The first-order valence-corrected chi connectivity index (χ1v) is 10.0. The fourth-order valence-corrected chi connectivity index (χ4v) is 7.14. The topological polar surface area (TPSA) is 91.7 Å². The van der Waals surface area contributed by atoms with Crippen LogP contribution in [0.15, 0.2) is 23.8 Å². The highest BCUT2D eigenvalue weighted by molar-refractivity contribution is 6.23. The van der Waals surface area contributed by atoms with Crippen LogP contribution < -0.4 is 0 Å². The Balaban J connectivity index is 1.79. The van der Waals surface area contributed by atoms with Crippen molar-refractivity contribution in [3.05, 3.63) is 23.8 Å². The summed E-state index contributed by atoms with van der Waals surface area (Å²) in [4.78, 5) is 37.6. The number of halogens is 1. The van der Waals surface area contributed by atoms with E-state index in [0.717, 1.165) is 5.57 Å². The average Bonchev–Trinajstić information content (AvgIpc) is 2.87. The number of rotatable bonds is 2. The van der Waals surface area contributed by atoms with Crippen LogP contribution in [0.4, 0.5) is 0 Å². The molecule has 6 heteroatoms. The maximum absolute atomic E-state index is 13.3. The summed E-state index contributed by atoms with van der Waals surface area (Å²) in [6.45, 7) is 3.05. The van der Waals surface area contributed by atoms with Gasteiger partial charge in [0.25, 0.3) is 0 Å². The molecule has 0 bridgehead atoms. The molecule has 7 atom stereocenters. The second-order valence-corrected chi connectivity index (χ2v) is 9.64. The van der Waals surface area contributed by atoms with Crippen molar-refractivity contribution in [3.8, 4) is 0 Å². The van der Waals surface area contributed by atoms with Crippen molar-refractivity contribution in [2.45, 2.75) is 50.5 Å². The quantitative estimate of drug-likeness (QED) is 0.701. The van der Waals surface area contributed by atoms with Crippen LogP contribution in [0, 0.1) is 28.6 Å². The van der Waals surface area contributed by atoms with Crippen molar-refractivity contribution in [1.82, 2.24) is 0 Å². The van der Waals surface area contributed by atoms with E-state index in [2.05, 4.69) is 0 Å². The lowest BCUT2D eigenvalue weighted by Gasteiger charge is -2.57. The molecule has 27 heavy (non-hydrogen) atoms. The van der Waals surface area contributed by atoms with Gasteiger partial charge in [-0.1, -0.05) is 19.9 Å². The van der Waals surface area contributed by atoms with Gasteiger partial charge in [0.15, 0.2) is 11.6 Å². The van der Waals surface area contributed by atoms with E-state index in [1.54, 1.807) is 6.08 Å². The van der Waals surface area contributed by atoms with Crippen molar-refractivity contribution in [1.29, 1.82) is 0 Å². The fourth-order valence-electron chi connectivity index (χ4n) is 6.64. The average molecular weight is 393 g/mol. The Morgan fingerprint density at radius 3 is 2.70 bits per heavy atom. The first-order chi connectivity index (χ1) is 12.6. The van der Waals surface area contributed by atoms with Gasteiger partial charge in [0.2, 0.25) is 0 Å². The van der Waals surface area contributed by atoms with Gasteiger partial charge >= 0.3 is 0 Å². The van der Waals surface area contributed by atoms with Gasteiger partial charge in [-0.25, -0.2) is 0 Å². The van der Waals surface area contributed by atoms with Crippen LogP contribution in [0.2, 0.25) is 0 Å². The number of alkyl halides is 1. The summed E-state index contributed by atoms with van der Waals surface area (Å²) in [7, 11) is 0. The number of Topliss-reactive ketones (excluding diaryl/α,β-unsaturated/α-hetero) is 2. The van der Waals surface area contributed by atoms with E-state index in [4.69, 9.17) is 11.6 Å². The molecule has 5 nitrogen and oxygen atoms in total. The first kappa shape index (κ1) is 19.0. The fraction of sp³-hybridized carbons (Fsp3) is 0.667. The van der Waals surface area contributed by atoms with E-state index in [1.165, 1.54) is 6.08 Å². The summed E-state index contributed by atoms with van der Waals surface area (Å²) in [5, 5.41) is 20.2. The van der Waals surface area contributed by atoms with Gasteiger partial charge in [0.05, 0.1) is 5.38 Å². The summed E-state index contributed by atoms with van der Waals surface area (Å²) < 4.78 is 0. The van der Waals surface area contributed by atoms with E-state index >= 15 is 0 Å². The highest BCUT2D eigenvalue weighted by Crippen LogP contribution is 2.66. The third-order valence-electron chi connectivity index (χ3n) is 7.99. The smallest absolute Gasteiger partial charge is 0.190 e. The van der Waals surface area contributed by atoms with Crippen LogP contribution in [0.25, 0.3) is 0 Å². The maximum atomic E-state index is 13.3. The molecule has 4 aliphatic carbocycles. The van der Waals surface area contributed by atoms with E-state index in [1.807, 2.05) is 19.9 Å². The van der Waals surface area contributed by atoms with Crippen molar-refractivity contribution in [2.24, 2.45) is 28.6 Å². The zero-order valence-electron chi connectivity index (χ0n) is 15.6. The molecule has 0 spiro atoms. The molecule has 3 saturated carbocycles. The van der Waals surface area contributed by atoms with Crippen LogP contribution in [-0.4, -0.2) is 45.1 Å². The molecule has 0 saturated heterocycles. The number of hydrogen-bond donors (Lipinski definition) is 2. The molecule has 0 unspecified atom stereocenters. The molecule has 2 N–H and O–H groups in total. The van der Waals surface area contributed by atoms with Crippen molar-refractivity contribution >= 4 is 29.0 Å². The molecular weight excluding hydrogens is 368 g/mol. The van der Waals surface area contributed by atoms with Crippen LogP contribution >= 0.6 is 11.6 Å². The van der Waals surface area contributed by atoms with Gasteiger partial charge in [-0.2, -0.15) is 0 Å². The number of aliphatic hydroxyl groups excluding tert-OH is 1. The summed E-state index contributed by atoms with van der Waals surface area (Å²) in [6, 6.07) is 0. The largest absolute Gasteiger partial charge is 0.388 e. The number of ketones is 3. The third kappa shape index (κ3) is 2.28. The lowest BCUT2D eigenvalue weighted by Crippen LogP contribution is -2.61. The Morgan fingerprint density at radius 2 is 2.04 bits per heavy atom. The normalized spacial score (nSPS) is 48.6. The molecule has 4 aliphatic rings. The Kier molecular flexibility index (Phi) is 4.12. The summed E-state index contributed by atoms with van der Waals surface area (Å²) >= 11 is 6.67. The zero-order valence-corrected chi connectivity index (χ0v) is 16.3.